The molecule has 0 saturated carbocycles. The highest BCUT2D eigenvalue weighted by Crippen LogP contribution is 2.23. The number of carbonyl (C=O) groups is 2. The van der Waals surface area contributed by atoms with Gasteiger partial charge in [0.05, 0.1) is 5.92 Å². The van der Waals surface area contributed by atoms with Crippen LogP contribution in [-0.2, 0) is 4.79 Å². The molecular weight excluding hydrogens is 355 g/mol. The van der Waals surface area contributed by atoms with E-state index in [0.29, 0.717) is 29.4 Å². The number of hydrogen-bond donors (Lipinski definition) is 1. The standard InChI is InChI=1S/C20H20ClFN2O2/c1-13-4-9-17(11-18(13)21)23-19(25)15-3-2-10-24(12-15)20(26)14-5-7-16(22)8-6-14/h4-9,11,15H,2-3,10,12H2,1H3,(H,23,25)/t15-/m1/s1. The van der Waals surface area contributed by atoms with Crippen molar-refractivity contribution in [1.82, 2.24) is 4.90 Å². The Bertz CT molecular complexity index is 823. The van der Waals surface area contributed by atoms with Gasteiger partial charge in [-0.25, -0.2) is 4.39 Å². The molecular formula is C20H20ClFN2O2. The van der Waals surface area contributed by atoms with Crippen molar-refractivity contribution in [1.29, 1.82) is 0 Å². The monoisotopic (exact) mass is 374 g/mol. The summed E-state index contributed by atoms with van der Waals surface area (Å²) in [5.41, 5.74) is 2.02. The molecule has 0 unspecified atom stereocenters. The van der Waals surface area contributed by atoms with E-state index in [-0.39, 0.29) is 23.5 Å². The Balaban J connectivity index is 1.65. The zero-order valence-electron chi connectivity index (χ0n) is 14.5. The van der Waals surface area contributed by atoms with Crippen molar-refractivity contribution in [2.45, 2.75) is 19.8 Å². The summed E-state index contributed by atoms with van der Waals surface area (Å²) in [4.78, 5) is 26.8. The summed E-state index contributed by atoms with van der Waals surface area (Å²) in [5.74, 6) is -0.968. The Morgan fingerprint density at radius 3 is 2.62 bits per heavy atom. The van der Waals surface area contributed by atoms with E-state index in [2.05, 4.69) is 5.32 Å². The van der Waals surface area contributed by atoms with E-state index in [0.717, 1.165) is 18.4 Å². The summed E-state index contributed by atoms with van der Waals surface area (Å²) < 4.78 is 13.0. The normalized spacial score (nSPS) is 17.0. The fourth-order valence-corrected chi connectivity index (χ4v) is 3.25. The lowest BCUT2D eigenvalue weighted by atomic mass is 9.96. The Morgan fingerprint density at radius 1 is 1.19 bits per heavy atom. The number of likely N-dealkylation sites (tertiary alicyclic amines) is 1. The van der Waals surface area contributed by atoms with E-state index >= 15 is 0 Å². The zero-order chi connectivity index (χ0) is 18.7. The molecule has 1 fully saturated rings. The van der Waals surface area contributed by atoms with Crippen molar-refractivity contribution < 1.29 is 14.0 Å². The zero-order valence-corrected chi connectivity index (χ0v) is 15.2. The van der Waals surface area contributed by atoms with E-state index in [4.69, 9.17) is 11.6 Å². The molecule has 4 nitrogen and oxygen atoms in total. The fraction of sp³-hybridized carbons (Fsp3) is 0.300. The molecule has 1 saturated heterocycles. The van der Waals surface area contributed by atoms with Gasteiger partial charge in [-0.1, -0.05) is 17.7 Å². The predicted octanol–water partition coefficient (Wildman–Crippen LogP) is 4.28. The highest BCUT2D eigenvalue weighted by Gasteiger charge is 2.29. The smallest absolute Gasteiger partial charge is 0.253 e. The molecule has 3 rings (SSSR count). The van der Waals surface area contributed by atoms with Gasteiger partial charge in [-0.2, -0.15) is 0 Å². The molecule has 1 aliphatic rings. The molecule has 0 aromatic heterocycles. The van der Waals surface area contributed by atoms with Gasteiger partial charge in [-0.3, -0.25) is 9.59 Å². The molecule has 1 aliphatic heterocycles. The number of hydrogen-bond acceptors (Lipinski definition) is 2. The van der Waals surface area contributed by atoms with Gasteiger partial charge >= 0.3 is 0 Å². The van der Waals surface area contributed by atoms with Crippen LogP contribution in [0.15, 0.2) is 42.5 Å². The van der Waals surface area contributed by atoms with Crippen LogP contribution in [0.4, 0.5) is 10.1 Å². The molecule has 26 heavy (non-hydrogen) atoms. The van der Waals surface area contributed by atoms with E-state index in [1.807, 2.05) is 19.1 Å². The summed E-state index contributed by atoms with van der Waals surface area (Å²) in [6.07, 6.45) is 1.47. The highest BCUT2D eigenvalue weighted by molar-refractivity contribution is 6.31. The third-order valence-corrected chi connectivity index (χ3v) is 5.02. The van der Waals surface area contributed by atoms with Crippen LogP contribution < -0.4 is 5.32 Å². The molecule has 0 spiro atoms. The molecule has 2 aromatic rings. The second-order valence-electron chi connectivity index (χ2n) is 6.55. The lowest BCUT2D eigenvalue weighted by Gasteiger charge is -2.32. The minimum absolute atomic E-state index is 0.124. The van der Waals surface area contributed by atoms with Gasteiger partial charge in [-0.05, 0) is 61.7 Å². The molecule has 0 aliphatic carbocycles. The van der Waals surface area contributed by atoms with Crippen molar-refractivity contribution in [3.05, 3.63) is 64.4 Å². The van der Waals surface area contributed by atoms with Crippen LogP contribution in [0.1, 0.15) is 28.8 Å². The average Bonchev–Trinajstić information content (AvgIpc) is 2.65. The van der Waals surface area contributed by atoms with Gasteiger partial charge in [0, 0.05) is 29.4 Å². The van der Waals surface area contributed by atoms with Gasteiger partial charge in [0.2, 0.25) is 5.91 Å². The van der Waals surface area contributed by atoms with Crippen LogP contribution in [0.25, 0.3) is 0 Å². The van der Waals surface area contributed by atoms with Crippen molar-refractivity contribution in [2.24, 2.45) is 5.92 Å². The minimum atomic E-state index is -0.380. The Morgan fingerprint density at radius 2 is 1.92 bits per heavy atom. The van der Waals surface area contributed by atoms with Crippen LogP contribution in [0.3, 0.4) is 0 Å². The average molecular weight is 375 g/mol. The summed E-state index contributed by atoms with van der Waals surface area (Å²) in [7, 11) is 0. The Labute approximate surface area is 157 Å². The number of piperidine rings is 1. The Kier molecular flexibility index (Phi) is 5.57. The SMILES string of the molecule is Cc1ccc(NC(=O)[C@@H]2CCCN(C(=O)c3ccc(F)cc3)C2)cc1Cl. The van der Waals surface area contributed by atoms with Crippen LogP contribution in [-0.4, -0.2) is 29.8 Å². The molecule has 0 radical (unpaired) electrons. The molecule has 2 aromatic carbocycles. The molecule has 1 atom stereocenters. The number of amides is 2. The fourth-order valence-electron chi connectivity index (χ4n) is 3.07. The number of nitrogens with zero attached hydrogens (tertiary/aromatic N) is 1. The van der Waals surface area contributed by atoms with E-state index in [1.54, 1.807) is 11.0 Å². The Hall–Kier alpha value is -2.40. The number of benzene rings is 2. The van der Waals surface area contributed by atoms with E-state index in [9.17, 15) is 14.0 Å². The van der Waals surface area contributed by atoms with Crippen LogP contribution in [0, 0.1) is 18.7 Å². The number of halogens is 2. The summed E-state index contributed by atoms with van der Waals surface area (Å²) in [6.45, 7) is 2.84. The van der Waals surface area contributed by atoms with Crippen LogP contribution in [0.5, 0.6) is 0 Å². The van der Waals surface area contributed by atoms with Crippen LogP contribution >= 0.6 is 11.6 Å². The summed E-state index contributed by atoms with van der Waals surface area (Å²) in [5, 5.41) is 3.47. The predicted molar refractivity (Wildman–Crippen MR) is 99.8 cm³/mol. The minimum Gasteiger partial charge on any atom is -0.338 e. The maximum atomic E-state index is 13.0. The molecule has 1 heterocycles. The maximum Gasteiger partial charge on any atom is 0.253 e. The first-order valence-corrected chi connectivity index (χ1v) is 8.93. The number of aryl methyl sites for hydroxylation is 1. The summed E-state index contributed by atoms with van der Waals surface area (Å²) in [6, 6.07) is 10.8. The first-order chi connectivity index (χ1) is 12.4. The number of nitrogens with one attached hydrogen (secondary N) is 1. The van der Waals surface area contributed by atoms with Gasteiger partial charge < -0.3 is 10.2 Å². The lowest BCUT2D eigenvalue weighted by Crippen LogP contribution is -2.43. The van der Waals surface area contributed by atoms with Gasteiger partial charge in [0.15, 0.2) is 0 Å². The largest absolute Gasteiger partial charge is 0.338 e. The maximum absolute atomic E-state index is 13.0. The third-order valence-electron chi connectivity index (χ3n) is 4.61. The number of carbonyl (C=O) groups excluding carboxylic acids is 2. The molecule has 2 amide bonds. The molecule has 6 heteroatoms. The highest BCUT2D eigenvalue weighted by atomic mass is 35.5. The second-order valence-corrected chi connectivity index (χ2v) is 6.96. The van der Waals surface area contributed by atoms with Gasteiger partial charge in [0.25, 0.3) is 5.91 Å². The quantitative estimate of drug-likeness (QED) is 0.871. The van der Waals surface area contributed by atoms with Crippen molar-refractivity contribution in [3.63, 3.8) is 0 Å². The van der Waals surface area contributed by atoms with Crippen LogP contribution in [0.2, 0.25) is 5.02 Å². The molecule has 0 bridgehead atoms. The first-order valence-electron chi connectivity index (χ1n) is 8.56. The van der Waals surface area contributed by atoms with E-state index in [1.165, 1.54) is 24.3 Å². The molecule has 136 valence electrons. The van der Waals surface area contributed by atoms with Crippen molar-refractivity contribution >= 4 is 29.1 Å². The van der Waals surface area contributed by atoms with Crippen molar-refractivity contribution in [3.8, 4) is 0 Å². The summed E-state index contributed by atoms with van der Waals surface area (Å²) >= 11 is 6.10. The topological polar surface area (TPSA) is 49.4 Å². The first kappa shape index (κ1) is 18.4. The second kappa shape index (κ2) is 7.87. The third kappa shape index (κ3) is 4.22. The molecule has 1 N–H and O–H groups in total. The van der Waals surface area contributed by atoms with E-state index < -0.39 is 0 Å². The number of rotatable bonds is 3. The van der Waals surface area contributed by atoms with Gasteiger partial charge in [-0.15, -0.1) is 0 Å². The van der Waals surface area contributed by atoms with Crippen molar-refractivity contribution in [2.75, 3.05) is 18.4 Å². The lowest BCUT2D eigenvalue weighted by molar-refractivity contribution is -0.121. The number of anilines is 1. The van der Waals surface area contributed by atoms with Gasteiger partial charge in [0.1, 0.15) is 5.82 Å².